The number of amides is 1. The Hall–Kier alpha value is -2.54. The van der Waals surface area contributed by atoms with Gasteiger partial charge in [0.1, 0.15) is 0 Å². The van der Waals surface area contributed by atoms with Gasteiger partial charge >= 0.3 is 0 Å². The van der Waals surface area contributed by atoms with E-state index in [1.807, 2.05) is 37.3 Å². The van der Waals surface area contributed by atoms with Crippen LogP contribution in [0.5, 0.6) is 11.5 Å². The molecule has 2 aromatic carbocycles. The highest BCUT2D eigenvalue weighted by atomic mass is 35.5. The highest BCUT2D eigenvalue weighted by molar-refractivity contribution is 6.32. The molecule has 166 valence electrons. The molecule has 0 radical (unpaired) electrons. The Kier molecular flexibility index (Phi) is 8.76. The fourth-order valence-electron chi connectivity index (χ4n) is 3.50. The van der Waals surface area contributed by atoms with Crippen LogP contribution >= 0.6 is 11.6 Å². The van der Waals surface area contributed by atoms with Crippen LogP contribution < -0.4 is 14.8 Å². The van der Waals surface area contributed by atoms with E-state index in [2.05, 4.69) is 10.2 Å². The molecule has 0 aromatic heterocycles. The zero-order valence-electron chi connectivity index (χ0n) is 18.0. The summed E-state index contributed by atoms with van der Waals surface area (Å²) < 4.78 is 16.4. The van der Waals surface area contributed by atoms with Gasteiger partial charge in [0.15, 0.2) is 11.5 Å². The van der Waals surface area contributed by atoms with Gasteiger partial charge in [0.05, 0.1) is 38.0 Å². The number of rotatable bonds is 9. The van der Waals surface area contributed by atoms with Crippen LogP contribution in [-0.2, 0) is 9.53 Å². The number of hydrogen-bond acceptors (Lipinski definition) is 5. The number of carbonyl (C=O) groups excluding carboxylic acids is 1. The Morgan fingerprint density at radius 1 is 1.26 bits per heavy atom. The van der Waals surface area contributed by atoms with Gasteiger partial charge in [0.2, 0.25) is 5.91 Å². The van der Waals surface area contributed by atoms with Crippen LogP contribution in [0.3, 0.4) is 0 Å². The summed E-state index contributed by atoms with van der Waals surface area (Å²) in [5.74, 6) is 0.860. The highest BCUT2D eigenvalue weighted by Crippen LogP contribution is 2.36. The monoisotopic (exact) mass is 444 g/mol. The van der Waals surface area contributed by atoms with Crippen LogP contribution in [0.4, 0.5) is 0 Å². The summed E-state index contributed by atoms with van der Waals surface area (Å²) >= 11 is 6.30. The second kappa shape index (κ2) is 11.7. The van der Waals surface area contributed by atoms with E-state index in [0.717, 1.165) is 44.0 Å². The van der Waals surface area contributed by atoms with Gasteiger partial charge in [-0.15, -0.1) is 0 Å². The summed E-state index contributed by atoms with van der Waals surface area (Å²) in [5, 5.41) is 3.56. The molecule has 1 aliphatic rings. The molecule has 7 heteroatoms. The van der Waals surface area contributed by atoms with Gasteiger partial charge in [0.25, 0.3) is 0 Å². The number of nitrogens with zero attached hydrogens (tertiary/aromatic N) is 1. The van der Waals surface area contributed by atoms with Gasteiger partial charge in [-0.3, -0.25) is 9.69 Å². The number of carbonyl (C=O) groups is 1. The van der Waals surface area contributed by atoms with Crippen molar-refractivity contribution in [2.45, 2.75) is 13.0 Å². The number of nitrogens with one attached hydrogen (secondary N) is 1. The van der Waals surface area contributed by atoms with Crippen molar-refractivity contribution in [3.8, 4) is 11.5 Å². The fraction of sp³-hybridized carbons (Fsp3) is 0.375. The zero-order valence-corrected chi connectivity index (χ0v) is 18.7. The summed E-state index contributed by atoms with van der Waals surface area (Å²) in [6.45, 7) is 6.27. The lowest BCUT2D eigenvalue weighted by Gasteiger charge is -2.31. The summed E-state index contributed by atoms with van der Waals surface area (Å²) in [6, 6.07) is 13.4. The predicted molar refractivity (Wildman–Crippen MR) is 123 cm³/mol. The molecule has 0 saturated carbocycles. The number of morpholine rings is 1. The lowest BCUT2D eigenvalue weighted by Crippen LogP contribution is -2.42. The number of halogens is 1. The lowest BCUT2D eigenvalue weighted by atomic mass is 10.1. The Morgan fingerprint density at radius 3 is 2.68 bits per heavy atom. The first-order chi connectivity index (χ1) is 15.1. The van der Waals surface area contributed by atoms with Crippen molar-refractivity contribution in [2.75, 3.05) is 46.6 Å². The van der Waals surface area contributed by atoms with Gasteiger partial charge in [-0.05, 0) is 36.3 Å². The van der Waals surface area contributed by atoms with Crippen LogP contribution in [0.25, 0.3) is 6.08 Å². The molecular formula is C24H29ClN2O4. The second-order valence-electron chi connectivity index (χ2n) is 7.19. The largest absolute Gasteiger partial charge is 0.491 e. The van der Waals surface area contributed by atoms with Crippen molar-refractivity contribution < 1.29 is 19.0 Å². The molecule has 31 heavy (non-hydrogen) atoms. The SMILES string of the molecule is CCOc1cc(C=CC(=O)NC(CN2CCOCC2)c2ccccc2)cc(Cl)c1OC. The molecule has 1 fully saturated rings. The Morgan fingerprint density at radius 2 is 2.00 bits per heavy atom. The number of hydrogen-bond donors (Lipinski definition) is 1. The van der Waals surface area contributed by atoms with Crippen molar-refractivity contribution in [3.05, 3.63) is 64.7 Å². The van der Waals surface area contributed by atoms with Crippen LogP contribution in [0.15, 0.2) is 48.5 Å². The Bertz CT molecular complexity index is 883. The zero-order chi connectivity index (χ0) is 22.1. The Labute approximate surface area is 188 Å². The molecule has 1 heterocycles. The molecule has 1 saturated heterocycles. The molecular weight excluding hydrogens is 416 g/mol. The van der Waals surface area contributed by atoms with Crippen molar-refractivity contribution in [1.29, 1.82) is 0 Å². The van der Waals surface area contributed by atoms with Crippen LogP contribution in [0, 0.1) is 0 Å². The van der Waals surface area contributed by atoms with Crippen molar-refractivity contribution >= 4 is 23.6 Å². The maximum absolute atomic E-state index is 12.7. The first-order valence-electron chi connectivity index (χ1n) is 10.4. The quantitative estimate of drug-likeness (QED) is 0.593. The van der Waals surface area contributed by atoms with E-state index >= 15 is 0 Å². The third-order valence-electron chi connectivity index (χ3n) is 5.03. The minimum Gasteiger partial charge on any atom is -0.491 e. The van der Waals surface area contributed by atoms with Crippen molar-refractivity contribution in [2.24, 2.45) is 0 Å². The van der Waals surface area contributed by atoms with Crippen LogP contribution in [-0.4, -0.2) is 57.4 Å². The minimum absolute atomic E-state index is 0.116. The molecule has 1 N–H and O–H groups in total. The third kappa shape index (κ3) is 6.72. The maximum atomic E-state index is 12.7. The average Bonchev–Trinajstić information content (AvgIpc) is 2.79. The van der Waals surface area contributed by atoms with Crippen LogP contribution in [0.1, 0.15) is 24.1 Å². The van der Waals surface area contributed by atoms with E-state index in [4.69, 9.17) is 25.8 Å². The molecule has 3 rings (SSSR count). The molecule has 6 nitrogen and oxygen atoms in total. The van der Waals surface area contributed by atoms with E-state index in [1.165, 1.54) is 6.08 Å². The molecule has 1 aliphatic heterocycles. The molecule has 0 spiro atoms. The second-order valence-corrected chi connectivity index (χ2v) is 7.59. The van der Waals surface area contributed by atoms with E-state index < -0.39 is 0 Å². The predicted octanol–water partition coefficient (Wildman–Crippen LogP) is 3.95. The van der Waals surface area contributed by atoms with Gasteiger partial charge in [-0.1, -0.05) is 41.9 Å². The average molecular weight is 445 g/mol. The van der Waals surface area contributed by atoms with E-state index in [9.17, 15) is 4.79 Å². The summed E-state index contributed by atoms with van der Waals surface area (Å²) in [4.78, 5) is 15.0. The Balaban J connectivity index is 1.72. The molecule has 0 bridgehead atoms. The topological polar surface area (TPSA) is 60.0 Å². The summed E-state index contributed by atoms with van der Waals surface area (Å²) in [7, 11) is 1.55. The minimum atomic E-state index is -0.174. The lowest BCUT2D eigenvalue weighted by molar-refractivity contribution is -0.117. The first kappa shape index (κ1) is 23.1. The molecule has 1 amide bonds. The molecule has 2 aromatic rings. The summed E-state index contributed by atoms with van der Waals surface area (Å²) in [6.07, 6.45) is 3.24. The van der Waals surface area contributed by atoms with Crippen molar-refractivity contribution in [1.82, 2.24) is 10.2 Å². The number of methoxy groups -OCH3 is 1. The fourth-order valence-corrected chi connectivity index (χ4v) is 3.79. The van der Waals surface area contributed by atoms with Gasteiger partial charge in [-0.2, -0.15) is 0 Å². The standard InChI is InChI=1S/C24H29ClN2O4/c1-3-31-22-16-18(15-20(25)24(22)29-2)9-10-23(28)26-21(19-7-5-4-6-8-19)17-27-11-13-30-14-12-27/h4-10,15-16,21H,3,11-14,17H2,1-2H3,(H,26,28). The van der Waals surface area contributed by atoms with Crippen LogP contribution in [0.2, 0.25) is 5.02 Å². The van der Waals surface area contributed by atoms with E-state index in [1.54, 1.807) is 25.3 Å². The molecule has 0 aliphatic carbocycles. The normalized spacial score (nSPS) is 15.6. The van der Waals surface area contributed by atoms with Gasteiger partial charge in [0, 0.05) is 25.7 Å². The number of benzene rings is 2. The molecule has 1 atom stereocenters. The van der Waals surface area contributed by atoms with Crippen molar-refractivity contribution in [3.63, 3.8) is 0 Å². The van der Waals surface area contributed by atoms with E-state index in [-0.39, 0.29) is 11.9 Å². The van der Waals surface area contributed by atoms with Gasteiger partial charge in [-0.25, -0.2) is 0 Å². The molecule has 1 unspecified atom stereocenters. The number of ether oxygens (including phenoxy) is 3. The van der Waals surface area contributed by atoms with Gasteiger partial charge < -0.3 is 19.5 Å². The summed E-state index contributed by atoms with van der Waals surface area (Å²) in [5.41, 5.74) is 1.83. The smallest absolute Gasteiger partial charge is 0.244 e. The third-order valence-corrected chi connectivity index (χ3v) is 5.31. The maximum Gasteiger partial charge on any atom is 0.244 e. The first-order valence-corrected chi connectivity index (χ1v) is 10.8. The van der Waals surface area contributed by atoms with E-state index in [0.29, 0.717) is 23.1 Å². The highest BCUT2D eigenvalue weighted by Gasteiger charge is 2.19.